The fourth-order valence-electron chi connectivity index (χ4n) is 3.20. The third-order valence-corrected chi connectivity index (χ3v) is 5.81. The third-order valence-electron chi connectivity index (χ3n) is 4.99. The molecule has 5 nitrogen and oxygen atoms in total. The number of hydrogen-bond donors (Lipinski definition) is 1. The van der Waals surface area contributed by atoms with E-state index in [4.69, 9.17) is 4.74 Å². The van der Waals surface area contributed by atoms with E-state index in [0.717, 1.165) is 31.4 Å². The van der Waals surface area contributed by atoms with Gasteiger partial charge in [-0.2, -0.15) is 21.6 Å². The highest BCUT2D eigenvalue weighted by Gasteiger charge is 2.39. The van der Waals surface area contributed by atoms with Crippen LogP contribution in [0.2, 0.25) is 0 Å². The van der Waals surface area contributed by atoms with Crippen molar-refractivity contribution in [3.8, 4) is 5.75 Å². The smallest absolute Gasteiger partial charge is 0.471 e. The highest BCUT2D eigenvalue weighted by Crippen LogP contribution is 2.30. The molecule has 0 saturated carbocycles. The fraction of sp³-hybridized carbons (Fsp3) is 0.682. The first-order valence-electron chi connectivity index (χ1n) is 11.2. The number of hydrogen-bond acceptors (Lipinski definition) is 4. The van der Waals surface area contributed by atoms with E-state index >= 15 is 0 Å². The van der Waals surface area contributed by atoms with Gasteiger partial charge in [-0.25, -0.2) is 0 Å². The molecule has 0 aromatic heterocycles. The topological polar surface area (TPSA) is 72.5 Å². The Labute approximate surface area is 188 Å². The van der Waals surface area contributed by atoms with E-state index in [9.17, 15) is 30.3 Å². The van der Waals surface area contributed by atoms with Crippen LogP contribution in [0.1, 0.15) is 84.0 Å². The maximum Gasteiger partial charge on any atom is 0.471 e. The van der Waals surface area contributed by atoms with Gasteiger partial charge in [0, 0.05) is 0 Å². The van der Waals surface area contributed by atoms with Crippen molar-refractivity contribution in [2.24, 2.45) is 0 Å². The summed E-state index contributed by atoms with van der Waals surface area (Å²) >= 11 is 0. The van der Waals surface area contributed by atoms with Crippen LogP contribution in [-0.2, 0) is 15.0 Å². The summed E-state index contributed by atoms with van der Waals surface area (Å²) in [7, 11) is -5.15. The van der Waals surface area contributed by atoms with Crippen LogP contribution in [0, 0.1) is 0 Å². The summed E-state index contributed by atoms with van der Waals surface area (Å²) in [4.78, 5) is 10.3. The SMILES string of the molecule is CCCCCCCCCCCCCCOc1ccc(S(=O)(=O)F)cc1NC(=O)C(F)(F)F. The zero-order valence-corrected chi connectivity index (χ0v) is 19.3. The highest BCUT2D eigenvalue weighted by molar-refractivity contribution is 7.86. The molecule has 32 heavy (non-hydrogen) atoms. The van der Waals surface area contributed by atoms with Crippen molar-refractivity contribution in [1.82, 2.24) is 0 Å². The van der Waals surface area contributed by atoms with Gasteiger partial charge < -0.3 is 10.1 Å². The van der Waals surface area contributed by atoms with Crippen LogP contribution >= 0.6 is 0 Å². The Bertz CT molecular complexity index is 798. The van der Waals surface area contributed by atoms with Gasteiger partial charge in [0.2, 0.25) is 0 Å². The highest BCUT2D eigenvalue weighted by atomic mass is 32.3. The van der Waals surface area contributed by atoms with E-state index in [1.807, 2.05) is 0 Å². The first-order valence-corrected chi connectivity index (χ1v) is 12.5. The number of amides is 1. The van der Waals surface area contributed by atoms with Gasteiger partial charge in [0.25, 0.3) is 0 Å². The second-order valence-corrected chi connectivity index (χ2v) is 9.13. The summed E-state index contributed by atoms with van der Waals surface area (Å²) in [6, 6.07) is 2.51. The number of unbranched alkanes of at least 4 members (excludes halogenated alkanes) is 11. The zero-order valence-electron chi connectivity index (χ0n) is 18.5. The molecular formula is C22H33F4NO4S. The normalized spacial score (nSPS) is 12.0. The van der Waals surface area contributed by atoms with Crippen molar-refractivity contribution in [3.05, 3.63) is 18.2 Å². The minimum Gasteiger partial charge on any atom is -0.491 e. The molecule has 1 aromatic rings. The summed E-state index contributed by atoms with van der Waals surface area (Å²) in [5.41, 5.74) is -0.551. The molecular weight excluding hydrogens is 450 g/mol. The molecule has 0 saturated heterocycles. The Kier molecular flexibility index (Phi) is 12.6. The molecule has 0 heterocycles. The van der Waals surface area contributed by atoms with Crippen LogP contribution in [0.5, 0.6) is 5.75 Å². The molecule has 0 spiro atoms. The van der Waals surface area contributed by atoms with E-state index in [1.54, 1.807) is 0 Å². The molecule has 0 unspecified atom stereocenters. The van der Waals surface area contributed by atoms with Crippen LogP contribution in [0.3, 0.4) is 0 Å². The number of alkyl halides is 3. The maximum atomic E-state index is 13.2. The second kappa shape index (κ2) is 14.3. The molecule has 1 aromatic carbocycles. The standard InChI is InChI=1S/C22H33F4NO4S/c1-2-3-4-5-6-7-8-9-10-11-12-13-16-31-20-15-14-18(32(26,29)30)17-19(20)27-21(28)22(23,24)25/h14-15,17H,2-13,16H2,1H3,(H,27,28). The quantitative estimate of drug-likeness (QED) is 0.157. The number of benzene rings is 1. The summed E-state index contributed by atoms with van der Waals surface area (Å²) in [6.45, 7) is 2.37. The van der Waals surface area contributed by atoms with Crippen molar-refractivity contribution in [1.29, 1.82) is 0 Å². The summed E-state index contributed by atoms with van der Waals surface area (Å²) in [5, 5.41) is 1.54. The molecule has 0 atom stereocenters. The van der Waals surface area contributed by atoms with Crippen molar-refractivity contribution in [2.45, 2.75) is 95.0 Å². The summed E-state index contributed by atoms with van der Waals surface area (Å²) in [6.07, 6.45) is 8.53. The largest absolute Gasteiger partial charge is 0.491 e. The van der Waals surface area contributed by atoms with Gasteiger partial charge in [-0.05, 0) is 24.6 Å². The zero-order chi connectivity index (χ0) is 24.0. The van der Waals surface area contributed by atoms with Gasteiger partial charge in [0.05, 0.1) is 12.3 Å². The lowest BCUT2D eigenvalue weighted by atomic mass is 10.1. The van der Waals surface area contributed by atoms with Crippen molar-refractivity contribution < 1.29 is 35.0 Å². The molecule has 184 valence electrons. The van der Waals surface area contributed by atoms with Crippen LogP contribution in [-0.4, -0.2) is 27.1 Å². The Hall–Kier alpha value is -1.84. The van der Waals surface area contributed by atoms with Crippen LogP contribution < -0.4 is 10.1 Å². The molecule has 0 aliphatic carbocycles. The molecule has 1 rings (SSSR count). The third kappa shape index (κ3) is 11.7. The minimum atomic E-state index is -5.18. The Morgan fingerprint density at radius 1 is 0.906 bits per heavy atom. The number of halogens is 4. The average Bonchev–Trinajstić information content (AvgIpc) is 2.70. The Morgan fingerprint density at radius 2 is 1.41 bits per heavy atom. The fourth-order valence-corrected chi connectivity index (χ4v) is 3.69. The Morgan fingerprint density at radius 3 is 1.88 bits per heavy atom. The molecule has 10 heteroatoms. The van der Waals surface area contributed by atoms with Crippen LogP contribution in [0.4, 0.5) is 22.7 Å². The lowest BCUT2D eigenvalue weighted by Crippen LogP contribution is -2.30. The Balaban J connectivity index is 2.39. The van der Waals surface area contributed by atoms with Crippen LogP contribution in [0.15, 0.2) is 23.1 Å². The number of ether oxygens (including phenoxy) is 1. The lowest BCUT2D eigenvalue weighted by Gasteiger charge is -2.14. The maximum absolute atomic E-state index is 13.2. The molecule has 0 fully saturated rings. The summed E-state index contributed by atoms with van der Waals surface area (Å²) < 4.78 is 78.2. The van der Waals surface area contributed by atoms with E-state index < -0.39 is 32.9 Å². The minimum absolute atomic E-state index is 0.155. The number of nitrogens with one attached hydrogen (secondary N) is 1. The van der Waals surface area contributed by atoms with E-state index in [-0.39, 0.29) is 12.4 Å². The molecule has 0 aliphatic heterocycles. The average molecular weight is 484 g/mol. The van der Waals surface area contributed by atoms with Crippen LogP contribution in [0.25, 0.3) is 0 Å². The molecule has 1 N–H and O–H groups in total. The number of anilines is 1. The van der Waals surface area contributed by atoms with E-state index in [0.29, 0.717) is 12.5 Å². The first-order chi connectivity index (χ1) is 15.1. The van der Waals surface area contributed by atoms with Crippen molar-refractivity contribution in [2.75, 3.05) is 11.9 Å². The lowest BCUT2D eigenvalue weighted by molar-refractivity contribution is -0.167. The predicted octanol–water partition coefficient (Wildman–Crippen LogP) is 6.93. The molecule has 0 radical (unpaired) electrons. The first kappa shape index (κ1) is 28.2. The van der Waals surface area contributed by atoms with E-state index in [1.165, 1.54) is 56.7 Å². The molecule has 0 bridgehead atoms. The number of rotatable bonds is 16. The number of carbonyl (C=O) groups is 1. The molecule has 1 amide bonds. The molecule has 0 aliphatic rings. The van der Waals surface area contributed by atoms with Gasteiger partial charge in [-0.15, -0.1) is 3.89 Å². The van der Waals surface area contributed by atoms with Crippen molar-refractivity contribution in [3.63, 3.8) is 0 Å². The van der Waals surface area contributed by atoms with Gasteiger partial charge in [-0.3, -0.25) is 4.79 Å². The van der Waals surface area contributed by atoms with E-state index in [2.05, 4.69) is 6.92 Å². The van der Waals surface area contributed by atoms with Gasteiger partial charge in [0.15, 0.2) is 0 Å². The predicted molar refractivity (Wildman–Crippen MR) is 116 cm³/mol. The second-order valence-electron chi connectivity index (χ2n) is 7.79. The van der Waals surface area contributed by atoms with Gasteiger partial charge in [0.1, 0.15) is 10.6 Å². The number of carbonyl (C=O) groups excluding carboxylic acids is 1. The summed E-state index contributed by atoms with van der Waals surface area (Å²) in [5.74, 6) is -2.46. The monoisotopic (exact) mass is 483 g/mol. The van der Waals surface area contributed by atoms with Crippen molar-refractivity contribution >= 4 is 21.8 Å². The van der Waals surface area contributed by atoms with Gasteiger partial charge >= 0.3 is 22.3 Å². The van der Waals surface area contributed by atoms with Gasteiger partial charge in [-0.1, -0.05) is 77.6 Å².